The molecule has 1 atom stereocenters. The summed E-state index contributed by atoms with van der Waals surface area (Å²) in [5, 5.41) is 2.28. The third-order valence-electron chi connectivity index (χ3n) is 1.28. The van der Waals surface area contributed by atoms with Crippen LogP contribution in [-0.2, 0) is 14.3 Å². The average Bonchev–Trinajstić information content (AvgIpc) is 2.00. The van der Waals surface area contributed by atoms with Crippen molar-refractivity contribution < 1.29 is 19.1 Å². The predicted molar refractivity (Wildman–Crippen MR) is 55.6 cm³/mol. The van der Waals surface area contributed by atoms with Gasteiger partial charge in [-0.1, -0.05) is 11.6 Å². The van der Waals surface area contributed by atoms with Crippen molar-refractivity contribution in [1.82, 2.24) is 5.32 Å². The summed E-state index contributed by atoms with van der Waals surface area (Å²) in [6, 6.07) is -1.02. The van der Waals surface area contributed by atoms with Crippen LogP contribution in [0.25, 0.3) is 0 Å². The number of hydrogen-bond donors (Lipinski definition) is 1. The number of ether oxygens (including phenoxy) is 2. The number of esters is 1. The van der Waals surface area contributed by atoms with Crippen LogP contribution < -0.4 is 5.32 Å². The van der Waals surface area contributed by atoms with Crippen molar-refractivity contribution in [1.29, 1.82) is 0 Å². The number of amides is 1. The van der Waals surface area contributed by atoms with Gasteiger partial charge in [-0.2, -0.15) is 0 Å². The second kappa shape index (κ2) is 5.80. The number of alkyl carbamates (subject to hydrolysis) is 1. The molecule has 0 aromatic rings. The summed E-state index contributed by atoms with van der Waals surface area (Å²) in [7, 11) is 0. The van der Waals surface area contributed by atoms with Crippen molar-refractivity contribution in [2.45, 2.75) is 39.3 Å². The summed E-state index contributed by atoms with van der Waals surface area (Å²) in [5.41, 5.74) is -0.580. The largest absolute Gasteiger partial charge is 0.458 e. The Kier molecular flexibility index (Phi) is 5.43. The molecule has 0 saturated heterocycles. The van der Waals surface area contributed by atoms with E-state index < -0.39 is 23.7 Å². The molecule has 0 aliphatic carbocycles. The molecule has 1 unspecified atom stereocenters. The van der Waals surface area contributed by atoms with Crippen LogP contribution in [0.1, 0.15) is 27.7 Å². The molecular weight excluding hydrogens is 222 g/mol. The van der Waals surface area contributed by atoms with Crippen LogP contribution in [0.3, 0.4) is 0 Å². The number of carbonyl (C=O) groups is 2. The molecule has 0 aromatic carbocycles. The van der Waals surface area contributed by atoms with Gasteiger partial charge >= 0.3 is 12.1 Å². The Morgan fingerprint density at radius 2 is 1.93 bits per heavy atom. The Labute approximate surface area is 94.1 Å². The minimum atomic E-state index is -0.764. The zero-order chi connectivity index (χ0) is 12.1. The van der Waals surface area contributed by atoms with Gasteiger partial charge in [0.25, 0.3) is 0 Å². The number of carbonyl (C=O) groups excluding carboxylic acids is 2. The lowest BCUT2D eigenvalue weighted by Gasteiger charge is -2.22. The van der Waals surface area contributed by atoms with E-state index in [9.17, 15) is 9.59 Å². The van der Waals surface area contributed by atoms with Crippen molar-refractivity contribution in [3.63, 3.8) is 0 Å². The van der Waals surface area contributed by atoms with Crippen LogP contribution in [0, 0.1) is 0 Å². The predicted octanol–water partition coefficient (Wildman–Crippen LogP) is 1.64. The van der Waals surface area contributed by atoms with E-state index in [4.69, 9.17) is 16.3 Å². The Morgan fingerprint density at radius 3 is 2.33 bits per heavy atom. The highest BCUT2D eigenvalue weighted by atomic mass is 35.5. The molecule has 0 heterocycles. The maximum atomic E-state index is 11.4. The zero-order valence-corrected chi connectivity index (χ0v) is 10.1. The molecule has 0 aliphatic rings. The summed E-state index contributed by atoms with van der Waals surface area (Å²) in [6.45, 7) is 6.74. The topological polar surface area (TPSA) is 64.6 Å². The van der Waals surface area contributed by atoms with Gasteiger partial charge < -0.3 is 14.8 Å². The third-order valence-corrected chi connectivity index (χ3v) is 1.39. The van der Waals surface area contributed by atoms with E-state index >= 15 is 0 Å². The van der Waals surface area contributed by atoms with Gasteiger partial charge in [0.2, 0.25) is 0 Å². The Balaban J connectivity index is 4.05. The van der Waals surface area contributed by atoms with Crippen LogP contribution in [0.2, 0.25) is 0 Å². The van der Waals surface area contributed by atoms with E-state index in [0.717, 1.165) is 0 Å². The van der Waals surface area contributed by atoms with Gasteiger partial charge in [-0.15, -0.1) is 0 Å². The lowest BCUT2D eigenvalue weighted by molar-refractivity contribution is -0.156. The first-order valence-electron chi connectivity index (χ1n) is 4.48. The summed E-state index contributed by atoms with van der Waals surface area (Å²) in [5.74, 6) is -0.519. The van der Waals surface area contributed by atoms with Crippen molar-refractivity contribution in [3.8, 4) is 0 Å². The summed E-state index contributed by atoms with van der Waals surface area (Å²) in [6.07, 6.45) is -0.747. The molecule has 6 heteroatoms. The quantitative estimate of drug-likeness (QED) is 0.599. The zero-order valence-electron chi connectivity index (χ0n) is 9.30. The van der Waals surface area contributed by atoms with Crippen LogP contribution in [0.15, 0.2) is 0 Å². The number of nitrogens with one attached hydrogen (secondary N) is 1. The molecular formula is C9H16ClNO4. The molecule has 0 radical (unpaired) electrons. The molecule has 0 aromatic heterocycles. The second-order valence-electron chi connectivity index (χ2n) is 3.94. The summed E-state index contributed by atoms with van der Waals surface area (Å²) >= 11 is 5.17. The number of hydrogen-bond acceptors (Lipinski definition) is 4. The molecule has 0 fully saturated rings. The van der Waals surface area contributed by atoms with Gasteiger partial charge in [0.1, 0.15) is 11.6 Å². The molecule has 1 N–H and O–H groups in total. The first kappa shape index (κ1) is 14.0. The van der Waals surface area contributed by atoms with Crippen molar-refractivity contribution in [2.24, 2.45) is 0 Å². The molecule has 0 bridgehead atoms. The second-order valence-corrected chi connectivity index (χ2v) is 4.16. The van der Waals surface area contributed by atoms with Gasteiger partial charge in [-0.3, -0.25) is 0 Å². The molecule has 0 aliphatic heterocycles. The molecule has 0 saturated carbocycles. The molecule has 0 spiro atoms. The van der Waals surface area contributed by atoms with Crippen molar-refractivity contribution in [2.75, 3.05) is 6.07 Å². The Morgan fingerprint density at radius 1 is 1.40 bits per heavy atom. The van der Waals surface area contributed by atoms with Gasteiger partial charge in [0, 0.05) is 0 Å². The Bertz CT molecular complexity index is 237. The monoisotopic (exact) mass is 237 g/mol. The van der Waals surface area contributed by atoms with E-state index in [1.165, 1.54) is 6.92 Å². The van der Waals surface area contributed by atoms with Crippen molar-refractivity contribution >= 4 is 23.7 Å². The highest BCUT2D eigenvalue weighted by Gasteiger charge is 2.23. The maximum Gasteiger partial charge on any atom is 0.409 e. The molecule has 88 valence electrons. The highest BCUT2D eigenvalue weighted by Crippen LogP contribution is 2.08. The van der Waals surface area contributed by atoms with Crippen molar-refractivity contribution in [3.05, 3.63) is 0 Å². The van der Waals surface area contributed by atoms with Crippen LogP contribution in [0.4, 0.5) is 4.79 Å². The fourth-order valence-corrected chi connectivity index (χ4v) is 0.816. The number of alkyl halides is 1. The number of rotatable bonds is 3. The van der Waals surface area contributed by atoms with Crippen LogP contribution >= 0.6 is 11.6 Å². The van der Waals surface area contributed by atoms with E-state index in [-0.39, 0.29) is 6.07 Å². The molecule has 15 heavy (non-hydrogen) atoms. The fraction of sp³-hybridized carbons (Fsp3) is 0.778. The van der Waals surface area contributed by atoms with E-state index in [2.05, 4.69) is 10.1 Å². The number of halogens is 1. The van der Waals surface area contributed by atoms with E-state index in [1.807, 2.05) is 0 Å². The molecule has 1 amide bonds. The standard InChI is InChI=1S/C9H16ClNO4/c1-6(11-8(13)14-5-10)7(12)15-9(2,3)4/h6H,5H2,1-4H3,(H,11,13). The average molecular weight is 238 g/mol. The minimum absolute atomic E-state index is 0.257. The summed E-state index contributed by atoms with van der Waals surface area (Å²) in [4.78, 5) is 22.3. The molecule has 5 nitrogen and oxygen atoms in total. The van der Waals surface area contributed by atoms with Gasteiger partial charge in [-0.25, -0.2) is 9.59 Å². The summed E-state index contributed by atoms with van der Waals surface area (Å²) < 4.78 is 9.44. The lowest BCUT2D eigenvalue weighted by Crippen LogP contribution is -2.42. The van der Waals surface area contributed by atoms with E-state index in [1.54, 1.807) is 20.8 Å². The normalized spacial score (nSPS) is 12.9. The van der Waals surface area contributed by atoms with Gasteiger partial charge in [-0.05, 0) is 27.7 Å². The first-order chi connectivity index (χ1) is 6.76. The fourth-order valence-electron chi connectivity index (χ4n) is 0.717. The van der Waals surface area contributed by atoms with Gasteiger partial charge in [0.05, 0.1) is 0 Å². The van der Waals surface area contributed by atoms with Gasteiger partial charge in [0.15, 0.2) is 6.07 Å². The molecule has 0 rings (SSSR count). The maximum absolute atomic E-state index is 11.4. The van der Waals surface area contributed by atoms with E-state index in [0.29, 0.717) is 0 Å². The lowest BCUT2D eigenvalue weighted by atomic mass is 10.2. The highest BCUT2D eigenvalue weighted by molar-refractivity contribution is 6.17. The minimum Gasteiger partial charge on any atom is -0.458 e. The van der Waals surface area contributed by atoms with Crippen LogP contribution in [-0.4, -0.2) is 29.8 Å². The SMILES string of the molecule is CC(NC(=O)OCCl)C(=O)OC(C)(C)C. The smallest absolute Gasteiger partial charge is 0.409 e. The Hall–Kier alpha value is -0.970. The first-order valence-corrected chi connectivity index (χ1v) is 5.02. The third kappa shape index (κ3) is 7.02. The van der Waals surface area contributed by atoms with Crippen LogP contribution in [0.5, 0.6) is 0 Å².